The van der Waals surface area contributed by atoms with E-state index in [1.807, 2.05) is 0 Å². The van der Waals surface area contributed by atoms with Crippen LogP contribution in [0, 0.1) is 0 Å². The van der Waals surface area contributed by atoms with Crippen LogP contribution in [0.15, 0.2) is 18.2 Å². The van der Waals surface area contributed by atoms with Gasteiger partial charge < -0.3 is 45.1 Å². The summed E-state index contributed by atoms with van der Waals surface area (Å²) in [7, 11) is 1.29. The van der Waals surface area contributed by atoms with Crippen molar-refractivity contribution in [2.45, 2.75) is 62.4 Å². The zero-order valence-electron chi connectivity index (χ0n) is 22.4. The molecule has 2 aromatic carbocycles. The zero-order valence-corrected chi connectivity index (χ0v) is 22.4. The highest BCUT2D eigenvalue weighted by Gasteiger charge is 2.50. The van der Waals surface area contributed by atoms with Crippen molar-refractivity contribution >= 4 is 23.4 Å². The molecule has 14 heteroatoms. The van der Waals surface area contributed by atoms with Gasteiger partial charge in [-0.2, -0.15) is 0 Å². The van der Waals surface area contributed by atoms with Crippen LogP contribution in [-0.2, 0) is 25.8 Å². The number of hydrogen-bond donors (Lipinski definition) is 6. The molecular formula is C28H28NO13. The number of methoxy groups -OCH3 is 1. The third-order valence-electron chi connectivity index (χ3n) is 8.06. The number of ether oxygens (including phenoxy) is 3. The lowest BCUT2D eigenvalue weighted by molar-refractivity contribution is -0.249. The van der Waals surface area contributed by atoms with Crippen LogP contribution < -0.4 is 10.1 Å². The summed E-state index contributed by atoms with van der Waals surface area (Å²) in [4.78, 5) is 51.0. The molecule has 6 atom stereocenters. The number of Topliss-reactive ketones (excluding diaryl/α,β-unsaturated/α-hetero) is 1. The average Bonchev–Trinajstić information content (AvgIpc) is 2.94. The van der Waals surface area contributed by atoms with E-state index in [9.17, 15) is 49.8 Å². The number of aliphatic hydroxyl groups is 3. The number of carbonyl (C=O) groups excluding carboxylic acids is 4. The lowest BCUT2D eigenvalue weighted by atomic mass is 9.72. The molecule has 1 amide bonds. The molecule has 0 bridgehead atoms. The van der Waals surface area contributed by atoms with Crippen molar-refractivity contribution in [3.05, 3.63) is 51.6 Å². The largest absolute Gasteiger partial charge is 0.507 e. The van der Waals surface area contributed by atoms with Gasteiger partial charge in [0.25, 0.3) is 0 Å². The number of fused-ring (bicyclic) bond motifs is 3. The SMILES string of the molecule is COc1cccc2c1C(=O)c1c(O)c3c(c(O)c1C2=O)C[C@](O)(C(=O)CO)C[C@H]3OC1CC(NC([O])=O)C(O)C(C)O1. The minimum atomic E-state index is -2.34. The summed E-state index contributed by atoms with van der Waals surface area (Å²) < 4.78 is 16.9. The number of nitrogens with one attached hydrogen (secondary N) is 1. The van der Waals surface area contributed by atoms with E-state index in [-0.39, 0.29) is 34.4 Å². The van der Waals surface area contributed by atoms with Crippen LogP contribution in [0.5, 0.6) is 17.2 Å². The number of aromatic hydroxyl groups is 2. The molecule has 1 saturated heterocycles. The monoisotopic (exact) mass is 586 g/mol. The number of phenols is 2. The molecule has 1 radical (unpaired) electrons. The van der Waals surface area contributed by atoms with E-state index >= 15 is 0 Å². The second-order valence-electron chi connectivity index (χ2n) is 10.5. The quantitative estimate of drug-likeness (QED) is 0.213. The van der Waals surface area contributed by atoms with Gasteiger partial charge in [0.15, 0.2) is 17.9 Å². The van der Waals surface area contributed by atoms with Gasteiger partial charge in [-0.05, 0) is 13.0 Å². The van der Waals surface area contributed by atoms with Crippen molar-refractivity contribution in [1.82, 2.24) is 5.32 Å². The number of phenolic OH excluding ortho intramolecular Hbond substituents is 2. The van der Waals surface area contributed by atoms with Gasteiger partial charge in [-0.15, -0.1) is 0 Å². The van der Waals surface area contributed by atoms with E-state index in [2.05, 4.69) is 5.32 Å². The van der Waals surface area contributed by atoms with Crippen molar-refractivity contribution in [2.24, 2.45) is 0 Å². The Kier molecular flexibility index (Phi) is 7.45. The predicted molar refractivity (Wildman–Crippen MR) is 137 cm³/mol. The van der Waals surface area contributed by atoms with E-state index in [0.717, 1.165) is 0 Å². The molecule has 2 aliphatic carbocycles. The fourth-order valence-corrected chi connectivity index (χ4v) is 6.01. The van der Waals surface area contributed by atoms with Gasteiger partial charge in [0, 0.05) is 36.0 Å². The summed E-state index contributed by atoms with van der Waals surface area (Å²) in [5.74, 6) is -4.15. The fraction of sp³-hybridized carbons (Fsp3) is 0.429. The summed E-state index contributed by atoms with van der Waals surface area (Å²) >= 11 is 0. The highest BCUT2D eigenvalue weighted by atomic mass is 16.7. The topological polar surface area (TPSA) is 229 Å². The minimum absolute atomic E-state index is 0.0541. The van der Waals surface area contributed by atoms with Crippen molar-refractivity contribution in [1.29, 1.82) is 0 Å². The first-order valence-corrected chi connectivity index (χ1v) is 13.0. The van der Waals surface area contributed by atoms with Crippen LogP contribution in [0.4, 0.5) is 4.79 Å². The lowest BCUT2D eigenvalue weighted by Gasteiger charge is -2.42. The van der Waals surface area contributed by atoms with Gasteiger partial charge in [0.2, 0.25) is 5.78 Å². The summed E-state index contributed by atoms with van der Waals surface area (Å²) in [6.07, 6.45) is -8.17. The van der Waals surface area contributed by atoms with E-state index in [4.69, 9.17) is 14.2 Å². The normalized spacial score (nSPS) is 28.4. The molecule has 1 heterocycles. The van der Waals surface area contributed by atoms with Gasteiger partial charge in [-0.3, -0.25) is 14.4 Å². The summed E-state index contributed by atoms with van der Waals surface area (Å²) in [6.45, 7) is 0.362. The molecule has 2 aromatic rings. The van der Waals surface area contributed by atoms with E-state index in [1.165, 1.54) is 32.2 Å². The second kappa shape index (κ2) is 10.6. The molecule has 1 aliphatic heterocycles. The number of ketones is 3. The Labute approximate surface area is 238 Å². The van der Waals surface area contributed by atoms with Crippen LogP contribution in [0.25, 0.3) is 0 Å². The first kappa shape index (κ1) is 29.4. The number of rotatable bonds is 6. The molecule has 1 fully saturated rings. The van der Waals surface area contributed by atoms with Crippen LogP contribution in [0.3, 0.4) is 0 Å². The molecule has 223 valence electrons. The lowest BCUT2D eigenvalue weighted by Crippen LogP contribution is -2.55. The summed E-state index contributed by atoms with van der Waals surface area (Å²) in [6, 6.07) is 3.17. The maximum Gasteiger partial charge on any atom is 0.450 e. The minimum Gasteiger partial charge on any atom is -0.507 e. The highest BCUT2D eigenvalue weighted by Crippen LogP contribution is 2.52. The summed E-state index contributed by atoms with van der Waals surface area (Å²) in [5, 5.41) is 67.3. The number of carbonyl (C=O) groups is 4. The van der Waals surface area contributed by atoms with Crippen molar-refractivity contribution < 1.29 is 64.0 Å². The van der Waals surface area contributed by atoms with Crippen LogP contribution >= 0.6 is 0 Å². The molecule has 0 saturated carbocycles. The van der Waals surface area contributed by atoms with Crippen molar-refractivity contribution in [3.8, 4) is 17.2 Å². The molecule has 0 spiro atoms. The van der Waals surface area contributed by atoms with Gasteiger partial charge in [0.05, 0.1) is 42.0 Å². The molecule has 42 heavy (non-hydrogen) atoms. The van der Waals surface area contributed by atoms with E-state index in [1.54, 1.807) is 0 Å². The standard InChI is InChI=1S/C28H28NO13/c1-10-22(32)13(29-27(37)38)6-17(41-10)42-15-8-28(39,16(31)9-30)7-12-19(15)26(36)21-20(24(12)34)23(33)11-4-3-5-14(40-2)18(11)25(21)35/h3-5,10,13,15,17,22,29-30,32,34,36,39H,6-9H2,1-2H3/t10?,13?,15-,17?,22?,28-/m1/s1. The smallest absolute Gasteiger partial charge is 0.450 e. The van der Waals surface area contributed by atoms with Crippen molar-refractivity contribution in [3.63, 3.8) is 0 Å². The van der Waals surface area contributed by atoms with Crippen molar-refractivity contribution in [2.75, 3.05) is 13.7 Å². The van der Waals surface area contributed by atoms with E-state index < -0.39 is 102 Å². The van der Waals surface area contributed by atoms with Gasteiger partial charge in [-0.1, -0.05) is 12.1 Å². The third-order valence-corrected chi connectivity index (χ3v) is 8.06. The number of aliphatic hydroxyl groups excluding tert-OH is 2. The second-order valence-corrected chi connectivity index (χ2v) is 10.5. The Balaban J connectivity index is 1.65. The number of hydrogen-bond acceptors (Lipinski definition) is 12. The number of benzene rings is 2. The van der Waals surface area contributed by atoms with E-state index in [0.29, 0.717) is 0 Å². The molecule has 4 unspecified atom stereocenters. The zero-order chi connectivity index (χ0) is 30.7. The molecule has 3 aliphatic rings. The number of amides is 1. The molecule has 14 nitrogen and oxygen atoms in total. The maximum atomic E-state index is 13.7. The first-order valence-electron chi connectivity index (χ1n) is 13.0. The molecule has 0 aromatic heterocycles. The molecule has 6 N–H and O–H groups in total. The van der Waals surface area contributed by atoms with Gasteiger partial charge in [-0.25, -0.2) is 9.90 Å². The van der Waals surface area contributed by atoms with Crippen LogP contribution in [-0.4, -0.2) is 92.8 Å². The Bertz CT molecular complexity index is 1500. The van der Waals surface area contributed by atoms with Gasteiger partial charge in [0.1, 0.15) is 35.6 Å². The third kappa shape index (κ3) is 4.57. The summed E-state index contributed by atoms with van der Waals surface area (Å²) in [5.41, 5.74) is -4.13. The molecule has 5 rings (SSSR count). The predicted octanol–water partition coefficient (Wildman–Crippen LogP) is 0.183. The first-order chi connectivity index (χ1) is 19.8. The maximum absolute atomic E-state index is 13.7. The van der Waals surface area contributed by atoms with Crippen LogP contribution in [0.1, 0.15) is 68.8 Å². The average molecular weight is 587 g/mol. The highest BCUT2D eigenvalue weighted by molar-refractivity contribution is 6.31. The Morgan fingerprint density at radius 3 is 2.45 bits per heavy atom. The molecular weight excluding hydrogens is 558 g/mol. The fourth-order valence-electron chi connectivity index (χ4n) is 6.01. The Hall–Kier alpha value is -4.08. The Morgan fingerprint density at radius 1 is 1.12 bits per heavy atom. The van der Waals surface area contributed by atoms with Gasteiger partial charge >= 0.3 is 6.09 Å². The van der Waals surface area contributed by atoms with Crippen LogP contribution in [0.2, 0.25) is 0 Å². The Morgan fingerprint density at radius 2 is 1.81 bits per heavy atom.